The number of hydrogen-bond acceptors (Lipinski definition) is 7. The van der Waals surface area contributed by atoms with Crippen molar-refractivity contribution >= 4 is 17.3 Å². The molecule has 0 fully saturated rings. The average Bonchev–Trinajstić information content (AvgIpc) is 2.80. The highest BCUT2D eigenvalue weighted by Gasteiger charge is 2.19. The predicted octanol–water partition coefficient (Wildman–Crippen LogP) is 4.41. The molecule has 8 heteroatoms. The number of nitriles is 1. The van der Waals surface area contributed by atoms with Gasteiger partial charge in [0, 0.05) is 31.5 Å². The van der Waals surface area contributed by atoms with Crippen LogP contribution in [0.1, 0.15) is 15.9 Å². The molecule has 31 heavy (non-hydrogen) atoms. The maximum atomic E-state index is 12.7. The molecule has 0 amide bonds. The molecular weight excluding hydrogens is 398 g/mol. The number of nitrogens with zero attached hydrogens (tertiary/aromatic N) is 2. The summed E-state index contributed by atoms with van der Waals surface area (Å²) in [6, 6.07) is 20.0. The number of nitro groups is 1. The normalized spacial score (nSPS) is 10.2. The van der Waals surface area contributed by atoms with Crippen LogP contribution in [0.15, 0.2) is 66.7 Å². The summed E-state index contributed by atoms with van der Waals surface area (Å²) in [4.78, 5) is 23.3. The van der Waals surface area contributed by atoms with Crippen LogP contribution in [-0.4, -0.2) is 31.2 Å². The SMILES string of the molecule is COCCNc1ccc([N+](=O)[O-])cc1C(=O)Oc1ccc(-c2ccc(C#N)cc2)cc1. The molecule has 1 N–H and O–H groups in total. The van der Waals surface area contributed by atoms with Gasteiger partial charge in [-0.1, -0.05) is 24.3 Å². The minimum absolute atomic E-state index is 0.0569. The number of esters is 1. The molecule has 0 radical (unpaired) electrons. The molecule has 0 saturated heterocycles. The topological polar surface area (TPSA) is 114 Å². The van der Waals surface area contributed by atoms with E-state index in [1.165, 1.54) is 18.2 Å². The van der Waals surface area contributed by atoms with Gasteiger partial charge in [-0.2, -0.15) is 5.26 Å². The summed E-state index contributed by atoms with van der Waals surface area (Å²) in [6.45, 7) is 0.830. The van der Waals surface area contributed by atoms with Crippen LogP contribution in [0.2, 0.25) is 0 Å². The predicted molar refractivity (Wildman–Crippen MR) is 115 cm³/mol. The minimum atomic E-state index is -0.713. The van der Waals surface area contributed by atoms with Crippen molar-refractivity contribution in [3.63, 3.8) is 0 Å². The van der Waals surface area contributed by atoms with Crippen LogP contribution in [0, 0.1) is 21.4 Å². The number of nitrogens with one attached hydrogen (secondary N) is 1. The van der Waals surface area contributed by atoms with Gasteiger partial charge in [0.1, 0.15) is 5.75 Å². The number of rotatable bonds is 8. The molecule has 0 aliphatic carbocycles. The smallest absolute Gasteiger partial charge is 0.345 e. The van der Waals surface area contributed by atoms with Crippen molar-refractivity contribution in [3.8, 4) is 22.9 Å². The van der Waals surface area contributed by atoms with Gasteiger partial charge in [-0.05, 0) is 41.5 Å². The standard InChI is InChI=1S/C23H19N3O5/c1-30-13-12-25-22-11-8-19(26(28)29)14-21(22)23(27)31-20-9-6-18(7-10-20)17-4-2-16(15-24)3-5-17/h2-11,14,25H,12-13H2,1H3. The molecule has 156 valence electrons. The number of ether oxygens (including phenoxy) is 2. The Morgan fingerprint density at radius 1 is 1.06 bits per heavy atom. The van der Waals surface area contributed by atoms with Crippen LogP contribution >= 0.6 is 0 Å². The van der Waals surface area contributed by atoms with Crippen molar-refractivity contribution in [1.82, 2.24) is 0 Å². The highest BCUT2D eigenvalue weighted by atomic mass is 16.6. The van der Waals surface area contributed by atoms with Gasteiger partial charge in [-0.25, -0.2) is 4.79 Å². The van der Waals surface area contributed by atoms with Crippen LogP contribution in [0.3, 0.4) is 0 Å². The lowest BCUT2D eigenvalue weighted by molar-refractivity contribution is -0.384. The first-order valence-electron chi connectivity index (χ1n) is 9.36. The molecule has 0 saturated carbocycles. The number of nitro benzene ring substituents is 1. The molecule has 0 aliphatic heterocycles. The first-order chi connectivity index (χ1) is 15.0. The lowest BCUT2D eigenvalue weighted by Gasteiger charge is -2.12. The van der Waals surface area contributed by atoms with E-state index in [1.54, 1.807) is 43.5 Å². The zero-order chi connectivity index (χ0) is 22.2. The number of anilines is 1. The highest BCUT2D eigenvalue weighted by Crippen LogP contribution is 2.26. The Bertz CT molecular complexity index is 1120. The number of hydrogen-bond donors (Lipinski definition) is 1. The molecular formula is C23H19N3O5. The van der Waals surface area contributed by atoms with Gasteiger partial charge in [-0.15, -0.1) is 0 Å². The second kappa shape index (κ2) is 10.0. The van der Waals surface area contributed by atoms with Crippen molar-refractivity contribution in [3.05, 3.63) is 88.0 Å². The van der Waals surface area contributed by atoms with Crippen molar-refractivity contribution in [2.45, 2.75) is 0 Å². The van der Waals surface area contributed by atoms with Gasteiger partial charge in [0.15, 0.2) is 0 Å². The number of methoxy groups -OCH3 is 1. The zero-order valence-electron chi connectivity index (χ0n) is 16.7. The van der Waals surface area contributed by atoms with Gasteiger partial charge in [0.25, 0.3) is 5.69 Å². The van der Waals surface area contributed by atoms with Crippen LogP contribution in [0.25, 0.3) is 11.1 Å². The molecule has 8 nitrogen and oxygen atoms in total. The molecule has 3 aromatic rings. The Kier molecular flexibility index (Phi) is 6.93. The summed E-state index contributed by atoms with van der Waals surface area (Å²) in [7, 11) is 1.55. The molecule has 3 aromatic carbocycles. The van der Waals surface area contributed by atoms with E-state index in [4.69, 9.17) is 14.7 Å². The molecule has 0 aromatic heterocycles. The molecule has 0 heterocycles. The van der Waals surface area contributed by atoms with Gasteiger partial charge >= 0.3 is 5.97 Å². The maximum Gasteiger partial charge on any atom is 0.345 e. The first-order valence-corrected chi connectivity index (χ1v) is 9.36. The number of carbonyl (C=O) groups is 1. The summed E-state index contributed by atoms with van der Waals surface area (Å²) in [5.41, 5.74) is 2.65. The zero-order valence-corrected chi connectivity index (χ0v) is 16.7. The third-order valence-electron chi connectivity index (χ3n) is 4.47. The molecule has 3 rings (SSSR count). The van der Waals surface area contributed by atoms with Gasteiger partial charge in [0.2, 0.25) is 0 Å². The van der Waals surface area contributed by atoms with E-state index in [-0.39, 0.29) is 11.3 Å². The van der Waals surface area contributed by atoms with Gasteiger partial charge < -0.3 is 14.8 Å². The summed E-state index contributed by atoms with van der Waals surface area (Å²) in [6.07, 6.45) is 0. The van der Waals surface area contributed by atoms with E-state index in [0.29, 0.717) is 30.2 Å². The van der Waals surface area contributed by atoms with Crippen molar-refractivity contribution in [1.29, 1.82) is 5.26 Å². The van der Waals surface area contributed by atoms with Crippen LogP contribution in [-0.2, 0) is 4.74 Å². The second-order valence-electron chi connectivity index (χ2n) is 6.51. The quantitative estimate of drug-likeness (QED) is 0.190. The van der Waals surface area contributed by atoms with E-state index in [9.17, 15) is 14.9 Å². The molecule has 0 bridgehead atoms. The fraction of sp³-hybridized carbons (Fsp3) is 0.130. The Morgan fingerprint density at radius 3 is 2.29 bits per heavy atom. The monoisotopic (exact) mass is 417 g/mol. The van der Waals surface area contributed by atoms with E-state index in [2.05, 4.69) is 11.4 Å². The third kappa shape index (κ3) is 5.44. The first kappa shape index (κ1) is 21.5. The van der Waals surface area contributed by atoms with Gasteiger partial charge in [-0.3, -0.25) is 10.1 Å². The van der Waals surface area contributed by atoms with E-state index in [0.717, 1.165) is 11.1 Å². The Morgan fingerprint density at radius 2 is 1.71 bits per heavy atom. The summed E-state index contributed by atoms with van der Waals surface area (Å²) in [5, 5.41) is 23.0. The third-order valence-corrected chi connectivity index (χ3v) is 4.47. The minimum Gasteiger partial charge on any atom is -0.423 e. The van der Waals surface area contributed by atoms with E-state index < -0.39 is 10.9 Å². The Balaban J connectivity index is 1.79. The number of carbonyl (C=O) groups excluding carboxylic acids is 1. The molecule has 0 spiro atoms. The molecule has 0 atom stereocenters. The van der Waals surface area contributed by atoms with Crippen LogP contribution in [0.5, 0.6) is 5.75 Å². The Hall–Kier alpha value is -4.22. The summed E-state index contributed by atoms with van der Waals surface area (Å²) >= 11 is 0. The highest BCUT2D eigenvalue weighted by molar-refractivity contribution is 5.97. The molecule has 0 unspecified atom stereocenters. The van der Waals surface area contributed by atoms with Crippen LogP contribution < -0.4 is 10.1 Å². The fourth-order valence-corrected chi connectivity index (χ4v) is 2.87. The fourth-order valence-electron chi connectivity index (χ4n) is 2.87. The van der Waals surface area contributed by atoms with E-state index >= 15 is 0 Å². The average molecular weight is 417 g/mol. The van der Waals surface area contributed by atoms with Gasteiger partial charge in [0.05, 0.1) is 28.7 Å². The summed E-state index contributed by atoms with van der Waals surface area (Å²) < 4.78 is 10.4. The largest absolute Gasteiger partial charge is 0.423 e. The van der Waals surface area contributed by atoms with Crippen molar-refractivity contribution in [2.75, 3.05) is 25.6 Å². The molecule has 0 aliphatic rings. The lowest BCUT2D eigenvalue weighted by Crippen LogP contribution is -2.15. The van der Waals surface area contributed by atoms with Crippen molar-refractivity contribution < 1.29 is 19.2 Å². The number of benzene rings is 3. The lowest BCUT2D eigenvalue weighted by atomic mass is 10.0. The van der Waals surface area contributed by atoms with Crippen LogP contribution in [0.4, 0.5) is 11.4 Å². The Labute approximate surface area is 178 Å². The van der Waals surface area contributed by atoms with E-state index in [1.807, 2.05) is 12.1 Å². The summed E-state index contributed by atoms with van der Waals surface area (Å²) in [5.74, 6) is -0.411. The number of non-ortho nitro benzene ring substituents is 1. The second-order valence-corrected chi connectivity index (χ2v) is 6.51. The van der Waals surface area contributed by atoms with Crippen molar-refractivity contribution in [2.24, 2.45) is 0 Å². The maximum absolute atomic E-state index is 12.7.